The summed E-state index contributed by atoms with van der Waals surface area (Å²) >= 11 is 3.35. The Labute approximate surface area is 172 Å². The summed E-state index contributed by atoms with van der Waals surface area (Å²) in [5.41, 5.74) is 4.07. The zero-order valence-corrected chi connectivity index (χ0v) is 17.4. The van der Waals surface area contributed by atoms with E-state index in [2.05, 4.69) is 36.9 Å². The zero-order valence-electron chi connectivity index (χ0n) is 14.1. The Hall–Kier alpha value is -1.32. The number of hydrazone groups is 1. The van der Waals surface area contributed by atoms with Crippen LogP contribution in [0.1, 0.15) is 40.8 Å². The van der Waals surface area contributed by atoms with Gasteiger partial charge in [0.25, 0.3) is 0 Å². The molecule has 0 aromatic carbocycles. The van der Waals surface area contributed by atoms with E-state index in [4.69, 9.17) is 0 Å². The summed E-state index contributed by atoms with van der Waals surface area (Å²) in [6.45, 7) is 0.767. The third-order valence-electron chi connectivity index (χ3n) is 4.13. The van der Waals surface area contributed by atoms with Crippen molar-refractivity contribution in [3.05, 3.63) is 33.4 Å². The van der Waals surface area contributed by atoms with Crippen LogP contribution in [0.3, 0.4) is 0 Å². The zero-order chi connectivity index (χ0) is 16.4. The van der Waals surface area contributed by atoms with Crippen molar-refractivity contribution in [2.24, 2.45) is 5.10 Å². The molecule has 140 valence electrons. The van der Waals surface area contributed by atoms with Gasteiger partial charge in [-0.15, -0.1) is 47.5 Å². The third kappa shape index (κ3) is 4.50. The van der Waals surface area contributed by atoms with Gasteiger partial charge in [0.05, 0.1) is 17.3 Å². The summed E-state index contributed by atoms with van der Waals surface area (Å²) in [4.78, 5) is 15.6. The van der Waals surface area contributed by atoms with E-state index < -0.39 is 0 Å². The number of fused-ring (bicyclic) bond motifs is 1. The number of halogens is 2. The van der Waals surface area contributed by atoms with Crippen molar-refractivity contribution in [3.8, 4) is 0 Å². The second-order valence-electron chi connectivity index (χ2n) is 5.80. The van der Waals surface area contributed by atoms with Gasteiger partial charge in [-0.3, -0.25) is 5.43 Å². The lowest BCUT2D eigenvalue weighted by Crippen LogP contribution is -2.06. The van der Waals surface area contributed by atoms with Crippen LogP contribution in [0.15, 0.2) is 22.9 Å². The highest BCUT2D eigenvalue weighted by Gasteiger charge is 2.22. The van der Waals surface area contributed by atoms with Crippen LogP contribution < -0.4 is 10.7 Å². The molecule has 3 aromatic heterocycles. The standard InChI is InChI=1S/C16H18N6S2.2ClH/c1-17-6-11-8-23-14(21-11)7-20-22-15-12-5-13(10-3-2-4-10)24-16(12)19-9-18-15;;/h5,7-10,17H,2-4,6H2,1H3,(H,18,19,22);2*1H/b20-7+;;. The maximum Gasteiger partial charge on any atom is 0.158 e. The van der Waals surface area contributed by atoms with Gasteiger partial charge < -0.3 is 5.32 Å². The molecule has 2 N–H and O–H groups in total. The molecule has 1 aliphatic rings. The monoisotopic (exact) mass is 430 g/mol. The molecule has 0 atom stereocenters. The van der Waals surface area contributed by atoms with E-state index >= 15 is 0 Å². The molecular formula is C16H20Cl2N6S2. The van der Waals surface area contributed by atoms with Gasteiger partial charge in [0.15, 0.2) is 5.82 Å². The lowest BCUT2D eigenvalue weighted by atomic mass is 9.84. The first kappa shape index (κ1) is 21.0. The fourth-order valence-corrected chi connectivity index (χ4v) is 4.49. The number of anilines is 1. The maximum absolute atomic E-state index is 4.48. The quantitative estimate of drug-likeness (QED) is 0.446. The topological polar surface area (TPSA) is 75.1 Å². The smallest absolute Gasteiger partial charge is 0.158 e. The van der Waals surface area contributed by atoms with Crippen LogP contribution in [0, 0.1) is 0 Å². The Kier molecular flexibility index (Phi) is 7.72. The molecule has 1 saturated carbocycles. The molecule has 1 fully saturated rings. The van der Waals surface area contributed by atoms with Crippen molar-refractivity contribution in [2.45, 2.75) is 31.7 Å². The summed E-state index contributed by atoms with van der Waals surface area (Å²) in [7, 11) is 1.91. The number of thiophene rings is 1. The van der Waals surface area contributed by atoms with Crippen LogP contribution in [0.5, 0.6) is 0 Å². The van der Waals surface area contributed by atoms with E-state index in [0.717, 1.165) is 33.3 Å². The fourth-order valence-electron chi connectivity index (χ4n) is 2.65. The molecule has 1 aliphatic carbocycles. The molecule has 0 aliphatic heterocycles. The third-order valence-corrected chi connectivity index (χ3v) is 6.16. The van der Waals surface area contributed by atoms with Gasteiger partial charge in [0.1, 0.15) is 16.2 Å². The predicted molar refractivity (Wildman–Crippen MR) is 115 cm³/mol. The minimum Gasteiger partial charge on any atom is -0.314 e. The van der Waals surface area contributed by atoms with Crippen LogP contribution in [-0.2, 0) is 6.54 Å². The van der Waals surface area contributed by atoms with Gasteiger partial charge in [0, 0.05) is 16.8 Å². The SMILES string of the molecule is CNCc1csc(/C=N/Nc2ncnc3sc(C4CCC4)cc23)n1.Cl.Cl. The molecule has 0 bridgehead atoms. The van der Waals surface area contributed by atoms with Crippen LogP contribution in [0.4, 0.5) is 5.82 Å². The molecular weight excluding hydrogens is 411 g/mol. The molecule has 0 unspecified atom stereocenters. The highest BCUT2D eigenvalue weighted by atomic mass is 35.5. The molecule has 0 spiro atoms. The molecule has 0 saturated heterocycles. The van der Waals surface area contributed by atoms with Gasteiger partial charge >= 0.3 is 0 Å². The van der Waals surface area contributed by atoms with Crippen LogP contribution in [0.2, 0.25) is 0 Å². The van der Waals surface area contributed by atoms with Crippen molar-refractivity contribution in [1.82, 2.24) is 20.3 Å². The first-order valence-electron chi connectivity index (χ1n) is 7.96. The largest absolute Gasteiger partial charge is 0.314 e. The lowest BCUT2D eigenvalue weighted by molar-refractivity contribution is 0.426. The lowest BCUT2D eigenvalue weighted by Gasteiger charge is -2.23. The van der Waals surface area contributed by atoms with E-state index in [1.165, 1.54) is 24.1 Å². The Balaban J connectivity index is 0.00000121. The summed E-state index contributed by atoms with van der Waals surface area (Å²) < 4.78 is 0. The van der Waals surface area contributed by atoms with E-state index in [-0.39, 0.29) is 24.8 Å². The molecule has 6 nitrogen and oxygen atoms in total. The van der Waals surface area contributed by atoms with Crippen molar-refractivity contribution in [3.63, 3.8) is 0 Å². The Morgan fingerprint density at radius 2 is 2.15 bits per heavy atom. The van der Waals surface area contributed by atoms with Gasteiger partial charge in [-0.05, 0) is 31.9 Å². The summed E-state index contributed by atoms with van der Waals surface area (Å²) in [6, 6.07) is 2.22. The number of nitrogens with one attached hydrogen (secondary N) is 2. The number of nitrogens with zero attached hydrogens (tertiary/aromatic N) is 4. The van der Waals surface area contributed by atoms with Crippen molar-refractivity contribution < 1.29 is 0 Å². The molecule has 3 heterocycles. The first-order valence-corrected chi connectivity index (χ1v) is 9.65. The molecule has 26 heavy (non-hydrogen) atoms. The number of hydrogen-bond donors (Lipinski definition) is 2. The predicted octanol–water partition coefficient (Wildman–Crippen LogP) is 4.42. The summed E-state index contributed by atoms with van der Waals surface area (Å²) in [5, 5.41) is 11.3. The molecule has 0 radical (unpaired) electrons. The first-order chi connectivity index (χ1) is 11.8. The highest BCUT2D eigenvalue weighted by molar-refractivity contribution is 7.18. The van der Waals surface area contributed by atoms with E-state index in [0.29, 0.717) is 5.92 Å². The Morgan fingerprint density at radius 1 is 1.31 bits per heavy atom. The number of thiazole rings is 1. The molecule has 4 rings (SSSR count). The van der Waals surface area contributed by atoms with Gasteiger partial charge in [0.2, 0.25) is 0 Å². The summed E-state index contributed by atoms with van der Waals surface area (Å²) in [5.74, 6) is 1.46. The molecule has 0 amide bonds. The fraction of sp³-hybridized carbons (Fsp3) is 0.375. The van der Waals surface area contributed by atoms with Crippen molar-refractivity contribution in [2.75, 3.05) is 12.5 Å². The molecule has 3 aromatic rings. The van der Waals surface area contributed by atoms with Gasteiger partial charge in [-0.1, -0.05) is 6.42 Å². The Bertz CT molecular complexity index is 875. The minimum absolute atomic E-state index is 0. The van der Waals surface area contributed by atoms with Crippen LogP contribution in [0.25, 0.3) is 10.2 Å². The second kappa shape index (κ2) is 9.57. The highest BCUT2D eigenvalue weighted by Crippen LogP contribution is 2.42. The van der Waals surface area contributed by atoms with Crippen LogP contribution >= 0.6 is 47.5 Å². The second-order valence-corrected chi connectivity index (χ2v) is 7.75. The van der Waals surface area contributed by atoms with E-state index in [1.807, 2.05) is 12.4 Å². The number of aromatic nitrogens is 3. The average Bonchev–Trinajstić information content (AvgIpc) is 3.13. The van der Waals surface area contributed by atoms with Crippen LogP contribution in [-0.4, -0.2) is 28.2 Å². The normalized spacial score (nSPS) is 14.0. The maximum atomic E-state index is 4.48. The number of rotatable bonds is 6. The van der Waals surface area contributed by atoms with Gasteiger partial charge in [-0.2, -0.15) is 5.10 Å². The van der Waals surface area contributed by atoms with Gasteiger partial charge in [-0.25, -0.2) is 15.0 Å². The minimum atomic E-state index is 0. The molecule has 10 heteroatoms. The summed E-state index contributed by atoms with van der Waals surface area (Å²) in [6.07, 6.45) is 7.25. The van der Waals surface area contributed by atoms with E-state index in [1.54, 1.807) is 35.2 Å². The van der Waals surface area contributed by atoms with E-state index in [9.17, 15) is 0 Å². The van der Waals surface area contributed by atoms with Crippen molar-refractivity contribution in [1.29, 1.82) is 0 Å². The number of hydrogen-bond acceptors (Lipinski definition) is 8. The Morgan fingerprint density at radius 3 is 2.88 bits per heavy atom. The van der Waals surface area contributed by atoms with Crippen molar-refractivity contribution >= 4 is 69.7 Å². The average molecular weight is 431 g/mol.